The van der Waals surface area contributed by atoms with Crippen molar-refractivity contribution >= 4 is 78.6 Å². The van der Waals surface area contributed by atoms with Gasteiger partial charge in [-0.2, -0.15) is 0 Å². The molecular weight excluding hydrogens is 597 g/mol. The van der Waals surface area contributed by atoms with Crippen molar-refractivity contribution in [1.82, 2.24) is 19.5 Å². The van der Waals surface area contributed by atoms with E-state index in [4.69, 9.17) is 15.0 Å². The summed E-state index contributed by atoms with van der Waals surface area (Å²) in [4.78, 5) is 33.3. The highest BCUT2D eigenvalue weighted by atomic mass is 80.0. The van der Waals surface area contributed by atoms with Crippen molar-refractivity contribution in [2.45, 2.75) is 27.0 Å². The summed E-state index contributed by atoms with van der Waals surface area (Å²) >= 11 is 8.57. The van der Waals surface area contributed by atoms with E-state index < -0.39 is 41.0 Å². The van der Waals surface area contributed by atoms with Gasteiger partial charge in [0.15, 0.2) is 11.5 Å². The van der Waals surface area contributed by atoms with Gasteiger partial charge in [-0.15, -0.1) is 0 Å². The number of carbonyl (C=O) groups is 1. The molecule has 1 fully saturated rings. The van der Waals surface area contributed by atoms with Crippen molar-refractivity contribution in [3.8, 4) is 0 Å². The molecule has 0 amide bonds. The van der Waals surface area contributed by atoms with Crippen LogP contribution in [0.1, 0.15) is 12.6 Å². The number of aliphatic hydroxyl groups excluding tert-OH is 1. The summed E-state index contributed by atoms with van der Waals surface area (Å²) in [5, 5.41) is 10.2. The third-order valence-electron chi connectivity index (χ3n) is 3.73. The smallest absolute Gasteiger partial charge is 0.390 e. The minimum Gasteiger partial charge on any atom is -0.390 e. The van der Waals surface area contributed by atoms with Gasteiger partial charge in [0.25, 0.3) is 0 Å². The number of hydrogen-bond donors (Lipinski definition) is 3. The number of fused-ring (bicyclic) bond motifs is 1. The van der Waals surface area contributed by atoms with Gasteiger partial charge >= 0.3 is 13.8 Å². The molecule has 2 aromatic rings. The van der Waals surface area contributed by atoms with Crippen LogP contribution in [0.15, 0.2) is 12.7 Å². The zero-order valence-electron chi connectivity index (χ0n) is 13.7. The van der Waals surface area contributed by atoms with Crippen molar-refractivity contribution in [2.24, 2.45) is 0 Å². The van der Waals surface area contributed by atoms with Gasteiger partial charge in [-0.1, -0.05) is 0 Å². The van der Waals surface area contributed by atoms with E-state index in [2.05, 4.69) is 67.3 Å². The van der Waals surface area contributed by atoms with E-state index >= 15 is 0 Å². The molecule has 0 aliphatic carbocycles. The number of alkyl halides is 3. The third-order valence-corrected chi connectivity index (χ3v) is 5.58. The highest BCUT2D eigenvalue weighted by molar-refractivity contribution is 9.40. The molecule has 1 aliphatic heterocycles. The van der Waals surface area contributed by atoms with Crippen LogP contribution in [0.5, 0.6) is 0 Å². The van der Waals surface area contributed by atoms with Gasteiger partial charge in [0.2, 0.25) is 2.14 Å². The standard InChI is InChI=1S/C12H13Br3N5O7P/c13-12(14,15)11(22)27-28(23,24)25-2-6-5(21)1-7(26-6)20-4-19-8-9(16)17-3-18-10(8)20/h3-7,21H,1-2H2,(H,23,24)(H2,16,17,18)/t5-,6+,7+/m0/s1. The number of aliphatic hydroxyl groups is 1. The van der Waals surface area contributed by atoms with Gasteiger partial charge in [-0.25, -0.2) is 24.3 Å². The maximum Gasteiger partial charge on any atom is 0.529 e. The summed E-state index contributed by atoms with van der Waals surface area (Å²) in [5.74, 6) is -0.932. The number of halogens is 3. The summed E-state index contributed by atoms with van der Waals surface area (Å²) < 4.78 is 26.8. The number of anilines is 1. The van der Waals surface area contributed by atoms with E-state index in [1.807, 2.05) is 0 Å². The molecule has 0 aromatic carbocycles. The Morgan fingerprint density at radius 2 is 2.14 bits per heavy atom. The molecule has 2 aromatic heterocycles. The average molecular weight is 610 g/mol. The second kappa shape index (κ2) is 8.22. The minimum absolute atomic E-state index is 0.145. The second-order valence-electron chi connectivity index (χ2n) is 5.66. The molecule has 0 bridgehead atoms. The lowest BCUT2D eigenvalue weighted by molar-refractivity contribution is -0.134. The topological polar surface area (TPSA) is 172 Å². The zero-order valence-corrected chi connectivity index (χ0v) is 19.3. The van der Waals surface area contributed by atoms with Crippen LogP contribution in [0.2, 0.25) is 0 Å². The quantitative estimate of drug-likeness (QED) is 0.332. The normalized spacial score (nSPS) is 25.0. The molecule has 0 radical (unpaired) electrons. The molecule has 4 N–H and O–H groups in total. The van der Waals surface area contributed by atoms with Crippen LogP contribution in [-0.2, 0) is 23.1 Å². The van der Waals surface area contributed by atoms with Crippen molar-refractivity contribution < 1.29 is 33.1 Å². The Labute approximate surface area is 182 Å². The van der Waals surface area contributed by atoms with E-state index in [1.165, 1.54) is 12.7 Å². The van der Waals surface area contributed by atoms with Gasteiger partial charge < -0.3 is 20.1 Å². The summed E-state index contributed by atoms with van der Waals surface area (Å²) in [6, 6.07) is 0. The van der Waals surface area contributed by atoms with E-state index in [9.17, 15) is 19.4 Å². The fraction of sp³-hybridized carbons (Fsp3) is 0.500. The Balaban J connectivity index is 1.65. The molecular formula is C12H13Br3N5O7P. The third kappa shape index (κ3) is 4.90. The van der Waals surface area contributed by atoms with Gasteiger partial charge in [-0.3, -0.25) is 14.0 Å². The first-order valence-electron chi connectivity index (χ1n) is 7.52. The van der Waals surface area contributed by atoms with Gasteiger partial charge in [0.05, 0.1) is 19.0 Å². The SMILES string of the molecule is Nc1ncnc2c1ncn2[C@H]1C[C@H](O)[C@@H](COP(=O)(O)OC(=O)C(Br)(Br)Br)O1. The number of carbonyl (C=O) groups excluding carboxylic acids is 1. The van der Waals surface area contributed by atoms with Crippen molar-refractivity contribution in [1.29, 1.82) is 0 Å². The van der Waals surface area contributed by atoms with Crippen molar-refractivity contribution in [3.05, 3.63) is 12.7 Å². The molecule has 1 unspecified atom stereocenters. The molecule has 0 spiro atoms. The first-order chi connectivity index (χ1) is 13.0. The highest BCUT2D eigenvalue weighted by Gasteiger charge is 2.41. The fourth-order valence-corrected chi connectivity index (χ4v) is 3.82. The first kappa shape index (κ1) is 22.0. The summed E-state index contributed by atoms with van der Waals surface area (Å²) in [7, 11) is -4.74. The lowest BCUT2D eigenvalue weighted by Crippen LogP contribution is -2.27. The molecule has 0 saturated carbocycles. The number of aromatic nitrogens is 4. The molecule has 154 valence electrons. The van der Waals surface area contributed by atoms with Crippen LogP contribution >= 0.6 is 55.6 Å². The van der Waals surface area contributed by atoms with Crippen LogP contribution in [-0.4, -0.2) is 56.4 Å². The Morgan fingerprint density at radius 3 is 2.82 bits per heavy atom. The first-order valence-corrected chi connectivity index (χ1v) is 11.4. The molecule has 4 atom stereocenters. The summed E-state index contributed by atoms with van der Waals surface area (Å²) in [6.45, 7) is -0.498. The molecule has 28 heavy (non-hydrogen) atoms. The van der Waals surface area contributed by atoms with Crippen LogP contribution in [0.4, 0.5) is 5.82 Å². The molecule has 12 nitrogen and oxygen atoms in total. The van der Waals surface area contributed by atoms with Crippen molar-refractivity contribution in [3.63, 3.8) is 0 Å². The largest absolute Gasteiger partial charge is 0.529 e. The monoisotopic (exact) mass is 607 g/mol. The zero-order chi connectivity index (χ0) is 20.7. The summed E-state index contributed by atoms with van der Waals surface area (Å²) in [5.41, 5.74) is 6.54. The van der Waals surface area contributed by atoms with E-state index in [-0.39, 0.29) is 12.2 Å². The van der Waals surface area contributed by atoms with E-state index in [0.717, 1.165) is 0 Å². The molecule has 1 saturated heterocycles. The number of rotatable bonds is 5. The Morgan fingerprint density at radius 1 is 1.43 bits per heavy atom. The summed E-state index contributed by atoms with van der Waals surface area (Å²) in [6.07, 6.45) is 0.227. The lowest BCUT2D eigenvalue weighted by atomic mass is 10.2. The van der Waals surface area contributed by atoms with Gasteiger partial charge in [0.1, 0.15) is 24.2 Å². The maximum absolute atomic E-state index is 11.9. The van der Waals surface area contributed by atoms with Crippen molar-refractivity contribution in [2.75, 3.05) is 12.3 Å². The molecule has 3 rings (SSSR count). The van der Waals surface area contributed by atoms with Gasteiger partial charge in [-0.05, 0) is 47.8 Å². The Hall–Kier alpha value is -0.670. The molecule has 3 heterocycles. The second-order valence-corrected chi connectivity index (χ2v) is 13.8. The van der Waals surface area contributed by atoms with Crippen LogP contribution < -0.4 is 5.73 Å². The van der Waals surface area contributed by atoms with Crippen LogP contribution in [0, 0.1) is 0 Å². The van der Waals surface area contributed by atoms with Crippen LogP contribution in [0.25, 0.3) is 11.2 Å². The van der Waals surface area contributed by atoms with Gasteiger partial charge in [0, 0.05) is 6.42 Å². The minimum atomic E-state index is -4.74. The lowest BCUT2D eigenvalue weighted by Gasteiger charge is -2.19. The van der Waals surface area contributed by atoms with E-state index in [1.54, 1.807) is 4.57 Å². The number of phosphoric acid groups is 1. The predicted octanol–water partition coefficient (Wildman–Crippen LogP) is 1.56. The molecule has 16 heteroatoms. The van der Waals surface area contributed by atoms with E-state index in [0.29, 0.717) is 11.2 Å². The Bertz CT molecular complexity index is 938. The molecule has 1 aliphatic rings. The average Bonchev–Trinajstić information content (AvgIpc) is 3.16. The fourth-order valence-electron chi connectivity index (χ4n) is 2.47. The maximum atomic E-state index is 11.9. The predicted molar refractivity (Wildman–Crippen MR) is 106 cm³/mol. The number of nitrogen functional groups attached to an aromatic ring is 1. The number of phosphoric ester groups is 1. The number of nitrogens with zero attached hydrogens (tertiary/aromatic N) is 4. The number of nitrogens with two attached hydrogens (primary N) is 1. The Kier molecular flexibility index (Phi) is 6.47. The number of imidazole rings is 1. The van der Waals surface area contributed by atoms with Crippen LogP contribution in [0.3, 0.4) is 0 Å². The number of hydrogen-bond acceptors (Lipinski definition) is 10. The highest BCUT2D eigenvalue weighted by Crippen LogP contribution is 2.48. The number of ether oxygens (including phenoxy) is 1.